The quantitative estimate of drug-likeness (QED) is 0.750. The highest BCUT2D eigenvalue weighted by atomic mass is 16.1. The molecule has 17 heavy (non-hydrogen) atoms. The number of carbonyl (C=O) groups is 1. The van der Waals surface area contributed by atoms with Crippen LogP contribution in [0.1, 0.15) is 27.2 Å². The maximum absolute atomic E-state index is 12.2. The summed E-state index contributed by atoms with van der Waals surface area (Å²) in [5.74, 6) is -0.199. The molecule has 2 aromatic rings. The van der Waals surface area contributed by atoms with E-state index < -0.39 is 0 Å². The summed E-state index contributed by atoms with van der Waals surface area (Å²) >= 11 is 0. The minimum Gasteiger partial charge on any atom is -0.289 e. The third-order valence-electron chi connectivity index (χ3n) is 2.54. The van der Waals surface area contributed by atoms with Crippen LogP contribution in [0.2, 0.25) is 0 Å². The zero-order valence-electron chi connectivity index (χ0n) is 9.31. The van der Waals surface area contributed by atoms with Crippen molar-refractivity contribution in [3.8, 4) is 0 Å². The summed E-state index contributed by atoms with van der Waals surface area (Å²) in [6.45, 7) is 1.86. The standard InChI is InChI=1S/C14H10NO2/c1-10-5-2-3-6-11(10)14(17)12-7-4-8-15-13(12)9-16/h2-8H,1H3. The number of carbonyl (C=O) groups excluding carboxylic acids is 2. The Kier molecular flexibility index (Phi) is 3.10. The van der Waals surface area contributed by atoms with E-state index >= 15 is 0 Å². The highest BCUT2D eigenvalue weighted by Crippen LogP contribution is 2.14. The normalized spacial score (nSPS) is 9.94. The molecule has 3 nitrogen and oxygen atoms in total. The van der Waals surface area contributed by atoms with Gasteiger partial charge in [0.05, 0.1) is 5.56 Å². The molecule has 83 valence electrons. The summed E-state index contributed by atoms with van der Waals surface area (Å²) in [4.78, 5) is 26.8. The molecular formula is C14H10NO2. The second kappa shape index (κ2) is 4.70. The number of nitrogens with zero attached hydrogens (tertiary/aromatic N) is 1. The fraction of sp³-hybridized carbons (Fsp3) is 0.0714. The summed E-state index contributed by atoms with van der Waals surface area (Å²) in [6.07, 6.45) is 3.15. The first-order valence-corrected chi connectivity index (χ1v) is 5.17. The predicted octanol–water partition coefficient (Wildman–Crippen LogP) is 2.08. The van der Waals surface area contributed by atoms with Crippen LogP contribution in [-0.2, 0) is 4.79 Å². The van der Waals surface area contributed by atoms with Crippen molar-refractivity contribution < 1.29 is 9.59 Å². The van der Waals surface area contributed by atoms with Crippen molar-refractivity contribution >= 4 is 12.1 Å². The minimum absolute atomic E-state index is 0.0563. The molecule has 1 radical (unpaired) electrons. The van der Waals surface area contributed by atoms with Crippen LogP contribution >= 0.6 is 0 Å². The lowest BCUT2D eigenvalue weighted by molar-refractivity contribution is 0.103. The molecule has 1 aromatic heterocycles. The molecule has 0 aliphatic heterocycles. The van der Waals surface area contributed by atoms with Crippen LogP contribution in [0.5, 0.6) is 0 Å². The first kappa shape index (κ1) is 11.2. The lowest BCUT2D eigenvalue weighted by Gasteiger charge is -2.05. The van der Waals surface area contributed by atoms with E-state index in [1.54, 1.807) is 30.6 Å². The molecule has 0 aliphatic carbocycles. The minimum atomic E-state index is -0.199. The van der Waals surface area contributed by atoms with Gasteiger partial charge in [0, 0.05) is 11.8 Å². The molecule has 0 atom stereocenters. The van der Waals surface area contributed by atoms with Crippen LogP contribution in [-0.4, -0.2) is 17.1 Å². The lowest BCUT2D eigenvalue weighted by atomic mass is 9.98. The fourth-order valence-electron chi connectivity index (χ4n) is 1.64. The average Bonchev–Trinajstić information content (AvgIpc) is 2.38. The Balaban J connectivity index is 2.51. The van der Waals surface area contributed by atoms with Crippen molar-refractivity contribution in [3.63, 3.8) is 0 Å². The van der Waals surface area contributed by atoms with E-state index in [1.165, 1.54) is 6.20 Å². The van der Waals surface area contributed by atoms with Crippen molar-refractivity contribution in [2.75, 3.05) is 0 Å². The van der Waals surface area contributed by atoms with Gasteiger partial charge in [-0.2, -0.15) is 0 Å². The van der Waals surface area contributed by atoms with E-state index in [9.17, 15) is 9.59 Å². The highest BCUT2D eigenvalue weighted by molar-refractivity contribution is 6.12. The van der Waals surface area contributed by atoms with Crippen LogP contribution in [0.15, 0.2) is 42.6 Å². The average molecular weight is 224 g/mol. The topological polar surface area (TPSA) is 47.0 Å². The van der Waals surface area contributed by atoms with Gasteiger partial charge in [0.2, 0.25) is 0 Å². The van der Waals surface area contributed by atoms with Crippen LogP contribution in [0.4, 0.5) is 0 Å². The second-order valence-electron chi connectivity index (χ2n) is 3.65. The highest BCUT2D eigenvalue weighted by Gasteiger charge is 2.15. The Morgan fingerprint density at radius 3 is 2.53 bits per heavy atom. The van der Waals surface area contributed by atoms with E-state index in [-0.39, 0.29) is 17.0 Å². The zero-order chi connectivity index (χ0) is 12.3. The van der Waals surface area contributed by atoms with Gasteiger partial charge in [-0.15, -0.1) is 0 Å². The molecule has 1 aromatic carbocycles. The zero-order valence-corrected chi connectivity index (χ0v) is 9.31. The maximum atomic E-state index is 12.2. The van der Waals surface area contributed by atoms with Gasteiger partial charge in [0.15, 0.2) is 5.78 Å². The Labute approximate surface area is 99.1 Å². The Morgan fingerprint density at radius 2 is 1.82 bits per heavy atom. The van der Waals surface area contributed by atoms with E-state index in [2.05, 4.69) is 4.98 Å². The number of rotatable bonds is 3. The summed E-state index contributed by atoms with van der Waals surface area (Å²) in [7, 11) is 0. The maximum Gasteiger partial charge on any atom is 0.254 e. The number of ketones is 1. The van der Waals surface area contributed by atoms with Crippen LogP contribution in [0.3, 0.4) is 0 Å². The molecule has 2 rings (SSSR count). The Bertz CT molecular complexity index is 576. The van der Waals surface area contributed by atoms with Crippen molar-refractivity contribution in [3.05, 3.63) is 65.0 Å². The van der Waals surface area contributed by atoms with Crippen LogP contribution < -0.4 is 0 Å². The van der Waals surface area contributed by atoms with Gasteiger partial charge in [-0.1, -0.05) is 24.3 Å². The van der Waals surface area contributed by atoms with E-state index in [4.69, 9.17) is 0 Å². The molecular weight excluding hydrogens is 214 g/mol. The third-order valence-corrected chi connectivity index (χ3v) is 2.54. The molecule has 0 saturated carbocycles. The first-order valence-electron chi connectivity index (χ1n) is 5.17. The molecule has 0 unspecified atom stereocenters. The van der Waals surface area contributed by atoms with Crippen molar-refractivity contribution in [1.82, 2.24) is 4.98 Å². The lowest BCUT2D eigenvalue weighted by Crippen LogP contribution is -2.08. The second-order valence-corrected chi connectivity index (χ2v) is 3.65. The largest absolute Gasteiger partial charge is 0.289 e. The smallest absolute Gasteiger partial charge is 0.254 e. The predicted molar refractivity (Wildman–Crippen MR) is 63.6 cm³/mol. The number of hydrogen-bond donors (Lipinski definition) is 0. The number of hydrogen-bond acceptors (Lipinski definition) is 3. The van der Waals surface area contributed by atoms with Gasteiger partial charge in [-0.3, -0.25) is 14.6 Å². The number of aryl methyl sites for hydroxylation is 1. The summed E-state index contributed by atoms with van der Waals surface area (Å²) in [5.41, 5.74) is 1.80. The molecule has 0 fully saturated rings. The van der Waals surface area contributed by atoms with Crippen LogP contribution in [0.25, 0.3) is 0 Å². The molecule has 0 N–H and O–H groups in total. The molecule has 0 bridgehead atoms. The van der Waals surface area contributed by atoms with Gasteiger partial charge in [-0.25, -0.2) is 0 Å². The summed E-state index contributed by atoms with van der Waals surface area (Å²) in [6, 6.07) is 10.5. The number of benzene rings is 1. The first-order chi connectivity index (χ1) is 8.24. The van der Waals surface area contributed by atoms with E-state index in [0.717, 1.165) is 5.56 Å². The number of pyridine rings is 1. The molecule has 3 heteroatoms. The molecule has 0 aliphatic rings. The van der Waals surface area contributed by atoms with Crippen molar-refractivity contribution in [2.45, 2.75) is 6.92 Å². The van der Waals surface area contributed by atoms with E-state index in [1.807, 2.05) is 19.1 Å². The Morgan fingerprint density at radius 1 is 1.12 bits per heavy atom. The molecule has 0 amide bonds. The number of aromatic nitrogens is 1. The van der Waals surface area contributed by atoms with Crippen molar-refractivity contribution in [2.24, 2.45) is 0 Å². The van der Waals surface area contributed by atoms with E-state index in [0.29, 0.717) is 5.56 Å². The summed E-state index contributed by atoms with van der Waals surface area (Å²) < 4.78 is 0. The molecule has 1 heterocycles. The SMILES string of the molecule is Cc1ccccc1C(=O)c1cccnc1[C]=O. The van der Waals surface area contributed by atoms with Crippen LogP contribution in [0, 0.1) is 6.92 Å². The van der Waals surface area contributed by atoms with Gasteiger partial charge < -0.3 is 0 Å². The van der Waals surface area contributed by atoms with Crippen molar-refractivity contribution in [1.29, 1.82) is 0 Å². The van der Waals surface area contributed by atoms with Gasteiger partial charge in [-0.05, 0) is 24.6 Å². The fourth-order valence-corrected chi connectivity index (χ4v) is 1.64. The van der Waals surface area contributed by atoms with Gasteiger partial charge in [0.25, 0.3) is 6.29 Å². The Hall–Kier alpha value is -2.29. The van der Waals surface area contributed by atoms with Gasteiger partial charge >= 0.3 is 0 Å². The molecule has 0 saturated heterocycles. The monoisotopic (exact) mass is 224 g/mol. The molecule has 0 spiro atoms. The van der Waals surface area contributed by atoms with Gasteiger partial charge in [0.1, 0.15) is 5.69 Å². The summed E-state index contributed by atoms with van der Waals surface area (Å²) in [5, 5.41) is 0. The third kappa shape index (κ3) is 2.13.